The molecule has 7 heteroatoms. The zero-order valence-electron chi connectivity index (χ0n) is 12.5. The van der Waals surface area contributed by atoms with Gasteiger partial charge in [0, 0.05) is 13.0 Å². The van der Waals surface area contributed by atoms with Gasteiger partial charge in [-0.05, 0) is 30.4 Å². The number of rotatable bonds is 8. The molecule has 1 aromatic rings. The normalized spacial score (nSPS) is 12.0. The fourth-order valence-electron chi connectivity index (χ4n) is 2.04. The van der Waals surface area contributed by atoms with E-state index < -0.39 is 11.9 Å². The lowest BCUT2D eigenvalue weighted by atomic mass is 9.94. The maximum Gasteiger partial charge on any atom is 0.358 e. The van der Waals surface area contributed by atoms with Crippen molar-refractivity contribution in [1.82, 2.24) is 10.2 Å². The van der Waals surface area contributed by atoms with Gasteiger partial charge in [-0.25, -0.2) is 4.79 Å². The third-order valence-corrected chi connectivity index (χ3v) is 2.90. The van der Waals surface area contributed by atoms with E-state index in [1.807, 2.05) is 0 Å². The number of carboxylic acids is 1. The zero-order chi connectivity index (χ0) is 15.8. The second-order valence-electron chi connectivity index (χ2n) is 5.27. The van der Waals surface area contributed by atoms with Crippen molar-refractivity contribution >= 4 is 17.8 Å². The fraction of sp³-hybridized carbons (Fsp3) is 0.571. The Hall–Kier alpha value is -2.18. The highest BCUT2D eigenvalue weighted by atomic mass is 16.5. The summed E-state index contributed by atoms with van der Waals surface area (Å²) in [5.74, 6) is -0.414. The average molecular weight is 295 g/mol. The van der Waals surface area contributed by atoms with Crippen LogP contribution in [-0.4, -0.2) is 40.9 Å². The SMILES string of the molecule is COC(=O)c1ccc(NCC(CC(=O)O)CC(C)C)nn1. The van der Waals surface area contributed by atoms with Gasteiger partial charge >= 0.3 is 11.9 Å². The summed E-state index contributed by atoms with van der Waals surface area (Å²) in [5, 5.41) is 19.6. The van der Waals surface area contributed by atoms with Crippen LogP contribution in [0.3, 0.4) is 0 Å². The Bertz CT molecular complexity index is 474. The van der Waals surface area contributed by atoms with Crippen molar-refractivity contribution in [3.63, 3.8) is 0 Å². The van der Waals surface area contributed by atoms with Gasteiger partial charge in [-0.15, -0.1) is 10.2 Å². The summed E-state index contributed by atoms with van der Waals surface area (Å²) in [6, 6.07) is 3.13. The maximum atomic E-state index is 11.2. The molecule has 2 N–H and O–H groups in total. The van der Waals surface area contributed by atoms with E-state index >= 15 is 0 Å². The van der Waals surface area contributed by atoms with Crippen molar-refractivity contribution < 1.29 is 19.4 Å². The Morgan fingerprint density at radius 3 is 2.52 bits per heavy atom. The first kappa shape index (κ1) is 16.9. The first-order chi connectivity index (χ1) is 9.92. The van der Waals surface area contributed by atoms with Crippen molar-refractivity contribution in [2.24, 2.45) is 11.8 Å². The summed E-state index contributed by atoms with van der Waals surface area (Å²) < 4.78 is 4.53. The van der Waals surface area contributed by atoms with E-state index in [0.717, 1.165) is 6.42 Å². The predicted octanol–water partition coefficient (Wildman–Crippen LogP) is 1.81. The highest BCUT2D eigenvalue weighted by Crippen LogP contribution is 2.16. The molecule has 0 amide bonds. The molecule has 0 aliphatic carbocycles. The molecule has 0 radical (unpaired) electrons. The van der Waals surface area contributed by atoms with Gasteiger partial charge < -0.3 is 15.2 Å². The Morgan fingerprint density at radius 2 is 2.05 bits per heavy atom. The molecule has 0 saturated carbocycles. The number of carbonyl (C=O) groups is 2. The van der Waals surface area contributed by atoms with Gasteiger partial charge in [0.15, 0.2) is 5.69 Å². The number of aliphatic carboxylic acids is 1. The lowest BCUT2D eigenvalue weighted by molar-refractivity contribution is -0.138. The average Bonchev–Trinajstić information content (AvgIpc) is 2.43. The van der Waals surface area contributed by atoms with E-state index in [0.29, 0.717) is 18.3 Å². The maximum absolute atomic E-state index is 11.2. The molecular formula is C14H21N3O4. The number of hydrogen-bond acceptors (Lipinski definition) is 6. The minimum Gasteiger partial charge on any atom is -0.481 e. The van der Waals surface area contributed by atoms with Crippen molar-refractivity contribution in [3.05, 3.63) is 17.8 Å². The first-order valence-corrected chi connectivity index (χ1v) is 6.80. The molecule has 1 rings (SSSR count). The van der Waals surface area contributed by atoms with Crippen molar-refractivity contribution in [3.8, 4) is 0 Å². The second kappa shape index (κ2) is 8.18. The van der Waals surface area contributed by atoms with Crippen LogP contribution in [0.1, 0.15) is 37.2 Å². The third-order valence-electron chi connectivity index (χ3n) is 2.90. The number of anilines is 1. The standard InChI is InChI=1S/C14H21N3O4/c1-9(2)6-10(7-13(18)19)8-15-12-5-4-11(16-17-12)14(20)21-3/h4-5,9-10H,6-8H2,1-3H3,(H,15,17)(H,18,19). The number of hydrogen-bond donors (Lipinski definition) is 2. The van der Waals surface area contributed by atoms with Gasteiger partial charge in [0.1, 0.15) is 5.82 Å². The van der Waals surface area contributed by atoms with E-state index in [9.17, 15) is 9.59 Å². The van der Waals surface area contributed by atoms with Crippen LogP contribution in [0, 0.1) is 11.8 Å². The van der Waals surface area contributed by atoms with Crippen LogP contribution < -0.4 is 5.32 Å². The van der Waals surface area contributed by atoms with E-state index in [1.165, 1.54) is 13.2 Å². The van der Waals surface area contributed by atoms with E-state index in [4.69, 9.17) is 5.11 Å². The highest BCUT2D eigenvalue weighted by Gasteiger charge is 2.15. The smallest absolute Gasteiger partial charge is 0.358 e. The predicted molar refractivity (Wildman–Crippen MR) is 77.1 cm³/mol. The molecular weight excluding hydrogens is 274 g/mol. The number of carbonyl (C=O) groups excluding carboxylic acids is 1. The summed E-state index contributed by atoms with van der Waals surface area (Å²) >= 11 is 0. The molecule has 0 fully saturated rings. The highest BCUT2D eigenvalue weighted by molar-refractivity contribution is 5.86. The summed E-state index contributed by atoms with van der Waals surface area (Å²) in [7, 11) is 1.28. The Kier molecular flexibility index (Phi) is 6.58. The largest absolute Gasteiger partial charge is 0.481 e. The minimum atomic E-state index is -0.811. The Balaban J connectivity index is 2.58. The zero-order valence-corrected chi connectivity index (χ0v) is 12.5. The van der Waals surface area contributed by atoms with E-state index in [1.54, 1.807) is 6.07 Å². The lowest BCUT2D eigenvalue weighted by Crippen LogP contribution is -2.20. The van der Waals surface area contributed by atoms with Crippen molar-refractivity contribution in [2.75, 3.05) is 19.0 Å². The molecule has 1 aromatic heterocycles. The third kappa shape index (κ3) is 6.20. The van der Waals surface area contributed by atoms with Gasteiger partial charge in [-0.2, -0.15) is 0 Å². The van der Waals surface area contributed by atoms with Gasteiger partial charge in [-0.3, -0.25) is 4.79 Å². The molecule has 0 bridgehead atoms. The summed E-state index contributed by atoms with van der Waals surface area (Å²) in [4.78, 5) is 22.1. The molecule has 0 aliphatic heterocycles. The number of esters is 1. The van der Waals surface area contributed by atoms with E-state index in [-0.39, 0.29) is 18.0 Å². The summed E-state index contributed by atoms with van der Waals surface area (Å²) in [5.41, 5.74) is 0.132. The van der Waals surface area contributed by atoms with Crippen molar-refractivity contribution in [2.45, 2.75) is 26.7 Å². The number of nitrogens with zero attached hydrogens (tertiary/aromatic N) is 2. The second-order valence-corrected chi connectivity index (χ2v) is 5.27. The number of ether oxygens (including phenoxy) is 1. The van der Waals surface area contributed by atoms with Crippen LogP contribution in [0.2, 0.25) is 0 Å². The van der Waals surface area contributed by atoms with Crippen LogP contribution in [0.5, 0.6) is 0 Å². The van der Waals surface area contributed by atoms with Crippen LogP contribution in [-0.2, 0) is 9.53 Å². The topological polar surface area (TPSA) is 101 Å². The van der Waals surface area contributed by atoms with Gasteiger partial charge in [0.25, 0.3) is 0 Å². The molecule has 116 valence electrons. The molecule has 0 saturated heterocycles. The number of carboxylic acid groups (broad SMARTS) is 1. The summed E-state index contributed by atoms with van der Waals surface area (Å²) in [6.45, 7) is 4.61. The Morgan fingerprint density at radius 1 is 1.33 bits per heavy atom. The number of methoxy groups -OCH3 is 1. The molecule has 7 nitrogen and oxygen atoms in total. The summed E-state index contributed by atoms with van der Waals surface area (Å²) in [6.07, 6.45) is 0.922. The monoisotopic (exact) mass is 295 g/mol. The van der Waals surface area contributed by atoms with Crippen molar-refractivity contribution in [1.29, 1.82) is 0 Å². The lowest BCUT2D eigenvalue weighted by Gasteiger charge is -2.17. The van der Waals surface area contributed by atoms with Gasteiger partial charge in [0.2, 0.25) is 0 Å². The minimum absolute atomic E-state index is 0.0181. The van der Waals surface area contributed by atoms with Gasteiger partial charge in [-0.1, -0.05) is 13.8 Å². The van der Waals surface area contributed by atoms with Crippen LogP contribution in [0.4, 0.5) is 5.82 Å². The first-order valence-electron chi connectivity index (χ1n) is 6.80. The molecule has 1 atom stereocenters. The Labute approximate surface area is 123 Å². The van der Waals surface area contributed by atoms with E-state index in [2.05, 4.69) is 34.1 Å². The molecule has 0 aromatic carbocycles. The van der Waals surface area contributed by atoms with Gasteiger partial charge in [0.05, 0.1) is 7.11 Å². The quantitative estimate of drug-likeness (QED) is 0.705. The molecule has 0 spiro atoms. The van der Waals surface area contributed by atoms with Crippen LogP contribution >= 0.6 is 0 Å². The molecule has 0 aliphatic rings. The number of nitrogens with one attached hydrogen (secondary N) is 1. The molecule has 1 heterocycles. The van der Waals surface area contributed by atoms with Crippen LogP contribution in [0.25, 0.3) is 0 Å². The number of aromatic nitrogens is 2. The molecule has 1 unspecified atom stereocenters. The van der Waals surface area contributed by atoms with Crippen LogP contribution in [0.15, 0.2) is 12.1 Å². The molecule has 21 heavy (non-hydrogen) atoms. The fourth-order valence-corrected chi connectivity index (χ4v) is 2.04.